The first-order valence-corrected chi connectivity index (χ1v) is 11.7. The SMILES string of the molecule is O=C(NCC1CCC(C(=O)NCC(O)C(=O)O)CC1)OCC1c2ccccc2-c2ccccc21. The average Bonchev–Trinajstić information content (AvgIpc) is 3.18. The molecule has 4 N–H and O–H groups in total. The first-order chi connectivity index (χ1) is 16.4. The summed E-state index contributed by atoms with van der Waals surface area (Å²) in [5.41, 5.74) is 4.71. The van der Waals surface area contributed by atoms with Crippen LogP contribution in [0, 0.1) is 11.8 Å². The van der Waals surface area contributed by atoms with Gasteiger partial charge in [-0.15, -0.1) is 0 Å². The lowest BCUT2D eigenvalue weighted by Gasteiger charge is -2.28. The smallest absolute Gasteiger partial charge is 0.407 e. The van der Waals surface area contributed by atoms with Crippen LogP contribution in [0.3, 0.4) is 0 Å². The number of benzene rings is 2. The molecule has 0 radical (unpaired) electrons. The quantitative estimate of drug-likeness (QED) is 0.474. The number of nitrogens with one attached hydrogen (secondary N) is 2. The van der Waals surface area contributed by atoms with Crippen molar-refractivity contribution in [3.63, 3.8) is 0 Å². The number of aliphatic hydroxyl groups is 1. The topological polar surface area (TPSA) is 125 Å². The van der Waals surface area contributed by atoms with Crippen molar-refractivity contribution in [2.75, 3.05) is 19.7 Å². The highest BCUT2D eigenvalue weighted by atomic mass is 16.5. The fourth-order valence-electron chi connectivity index (χ4n) is 4.93. The number of amides is 2. The van der Waals surface area contributed by atoms with Crippen molar-refractivity contribution in [2.45, 2.75) is 37.7 Å². The Morgan fingerprint density at radius 2 is 1.50 bits per heavy atom. The van der Waals surface area contributed by atoms with E-state index in [9.17, 15) is 19.5 Å². The normalized spacial score (nSPS) is 20.0. The van der Waals surface area contributed by atoms with Crippen LogP contribution in [-0.2, 0) is 14.3 Å². The van der Waals surface area contributed by atoms with Crippen molar-refractivity contribution in [2.24, 2.45) is 11.8 Å². The van der Waals surface area contributed by atoms with Gasteiger partial charge in [0.15, 0.2) is 6.10 Å². The van der Waals surface area contributed by atoms with Gasteiger partial charge in [0.2, 0.25) is 5.91 Å². The molecule has 1 atom stereocenters. The Kier molecular flexibility index (Phi) is 7.47. The highest BCUT2D eigenvalue weighted by molar-refractivity contribution is 5.80. The fraction of sp³-hybridized carbons (Fsp3) is 0.423. The van der Waals surface area contributed by atoms with Gasteiger partial charge in [-0.25, -0.2) is 9.59 Å². The Morgan fingerprint density at radius 3 is 2.09 bits per heavy atom. The van der Waals surface area contributed by atoms with Crippen molar-refractivity contribution in [3.8, 4) is 11.1 Å². The summed E-state index contributed by atoms with van der Waals surface area (Å²) < 4.78 is 5.58. The molecule has 2 aromatic carbocycles. The molecule has 0 aromatic heterocycles. The predicted molar refractivity (Wildman–Crippen MR) is 125 cm³/mol. The van der Waals surface area contributed by atoms with E-state index in [-0.39, 0.29) is 36.8 Å². The summed E-state index contributed by atoms with van der Waals surface area (Å²) >= 11 is 0. The third-order valence-corrected chi connectivity index (χ3v) is 6.85. The van der Waals surface area contributed by atoms with Crippen LogP contribution in [0.1, 0.15) is 42.7 Å². The molecule has 2 aliphatic carbocycles. The summed E-state index contributed by atoms with van der Waals surface area (Å²) in [6.45, 7) is 0.467. The Hall–Kier alpha value is -3.39. The predicted octanol–water partition coefficient (Wildman–Crippen LogP) is 2.89. The van der Waals surface area contributed by atoms with Crippen molar-refractivity contribution >= 4 is 18.0 Å². The van der Waals surface area contributed by atoms with E-state index in [0.717, 1.165) is 12.8 Å². The number of aliphatic hydroxyl groups excluding tert-OH is 1. The monoisotopic (exact) mass is 466 g/mol. The van der Waals surface area contributed by atoms with Gasteiger partial charge < -0.3 is 25.6 Å². The van der Waals surface area contributed by atoms with E-state index in [4.69, 9.17) is 9.84 Å². The fourth-order valence-corrected chi connectivity index (χ4v) is 4.93. The molecule has 2 aromatic rings. The van der Waals surface area contributed by atoms with Crippen LogP contribution < -0.4 is 10.6 Å². The molecule has 2 amide bonds. The van der Waals surface area contributed by atoms with Crippen LogP contribution in [0.25, 0.3) is 11.1 Å². The highest BCUT2D eigenvalue weighted by Crippen LogP contribution is 2.44. The molecule has 0 bridgehead atoms. The third-order valence-electron chi connectivity index (χ3n) is 6.85. The number of carboxylic acid groups (broad SMARTS) is 1. The van der Waals surface area contributed by atoms with Gasteiger partial charge in [-0.1, -0.05) is 48.5 Å². The largest absolute Gasteiger partial charge is 0.479 e. The first kappa shape index (κ1) is 23.8. The third kappa shape index (κ3) is 5.39. The first-order valence-electron chi connectivity index (χ1n) is 11.7. The van der Waals surface area contributed by atoms with Crippen LogP contribution in [0.2, 0.25) is 0 Å². The van der Waals surface area contributed by atoms with Crippen molar-refractivity contribution in [1.82, 2.24) is 10.6 Å². The number of carbonyl (C=O) groups is 3. The summed E-state index contributed by atoms with van der Waals surface area (Å²) in [5.74, 6) is -1.51. The molecule has 8 heteroatoms. The second-order valence-electron chi connectivity index (χ2n) is 9.02. The van der Waals surface area contributed by atoms with Gasteiger partial charge in [-0.05, 0) is 53.9 Å². The van der Waals surface area contributed by atoms with E-state index in [1.54, 1.807) is 0 Å². The van der Waals surface area contributed by atoms with E-state index < -0.39 is 18.2 Å². The Balaban J connectivity index is 1.19. The van der Waals surface area contributed by atoms with Crippen molar-refractivity contribution < 1.29 is 29.3 Å². The van der Waals surface area contributed by atoms with Crippen molar-refractivity contribution in [3.05, 3.63) is 59.7 Å². The lowest BCUT2D eigenvalue weighted by Crippen LogP contribution is -2.41. The molecule has 0 heterocycles. The van der Waals surface area contributed by atoms with Crippen LogP contribution in [0.15, 0.2) is 48.5 Å². The zero-order valence-electron chi connectivity index (χ0n) is 18.9. The molecule has 8 nitrogen and oxygen atoms in total. The molecule has 2 aliphatic rings. The molecule has 0 saturated heterocycles. The molecule has 4 rings (SSSR count). The summed E-state index contributed by atoms with van der Waals surface area (Å²) in [7, 11) is 0. The van der Waals surface area contributed by atoms with E-state index in [0.29, 0.717) is 19.4 Å². The van der Waals surface area contributed by atoms with Gasteiger partial charge in [0.25, 0.3) is 0 Å². The van der Waals surface area contributed by atoms with Crippen LogP contribution >= 0.6 is 0 Å². The second-order valence-corrected chi connectivity index (χ2v) is 9.02. The minimum Gasteiger partial charge on any atom is -0.479 e. The molecular formula is C26H30N2O6. The number of rotatable bonds is 8. The molecule has 0 spiro atoms. The summed E-state index contributed by atoms with van der Waals surface area (Å²) in [5, 5.41) is 23.3. The molecular weight excluding hydrogens is 436 g/mol. The second kappa shape index (κ2) is 10.7. The van der Waals surface area contributed by atoms with Gasteiger partial charge in [-0.2, -0.15) is 0 Å². The summed E-state index contributed by atoms with van der Waals surface area (Å²) in [4.78, 5) is 35.2. The Bertz CT molecular complexity index is 1000. The minimum absolute atomic E-state index is 0.0201. The van der Waals surface area contributed by atoms with Gasteiger partial charge >= 0.3 is 12.1 Å². The van der Waals surface area contributed by atoms with Gasteiger partial charge in [0.05, 0.1) is 6.54 Å². The molecule has 34 heavy (non-hydrogen) atoms. The maximum atomic E-state index is 12.4. The molecule has 0 aliphatic heterocycles. The lowest BCUT2D eigenvalue weighted by atomic mass is 9.81. The van der Waals surface area contributed by atoms with Crippen LogP contribution in [0.4, 0.5) is 4.79 Å². The molecule has 1 unspecified atom stereocenters. The molecule has 180 valence electrons. The van der Waals surface area contributed by atoms with E-state index in [1.807, 2.05) is 24.3 Å². The number of alkyl carbamates (subject to hydrolysis) is 1. The maximum absolute atomic E-state index is 12.4. The van der Waals surface area contributed by atoms with E-state index in [2.05, 4.69) is 34.9 Å². The summed E-state index contributed by atoms with van der Waals surface area (Å²) in [6.07, 6.45) is 0.843. The van der Waals surface area contributed by atoms with Crippen LogP contribution in [-0.4, -0.2) is 54.0 Å². The highest BCUT2D eigenvalue weighted by Gasteiger charge is 2.30. The van der Waals surface area contributed by atoms with Crippen LogP contribution in [0.5, 0.6) is 0 Å². The van der Waals surface area contributed by atoms with Crippen molar-refractivity contribution in [1.29, 1.82) is 0 Å². The molecule has 1 saturated carbocycles. The summed E-state index contributed by atoms with van der Waals surface area (Å²) in [6, 6.07) is 16.4. The van der Waals surface area contributed by atoms with Gasteiger partial charge in [0, 0.05) is 18.4 Å². The van der Waals surface area contributed by atoms with E-state index in [1.165, 1.54) is 22.3 Å². The minimum atomic E-state index is -1.60. The zero-order chi connectivity index (χ0) is 24.1. The number of hydrogen-bond donors (Lipinski definition) is 4. The number of hydrogen-bond acceptors (Lipinski definition) is 5. The van der Waals surface area contributed by atoms with Gasteiger partial charge in [-0.3, -0.25) is 4.79 Å². The number of ether oxygens (including phenoxy) is 1. The number of carbonyl (C=O) groups excluding carboxylic acids is 2. The maximum Gasteiger partial charge on any atom is 0.407 e. The molecule has 1 fully saturated rings. The number of fused-ring (bicyclic) bond motifs is 3. The van der Waals surface area contributed by atoms with Gasteiger partial charge in [0.1, 0.15) is 6.61 Å². The Labute approximate surface area is 198 Å². The van der Waals surface area contributed by atoms with E-state index >= 15 is 0 Å². The zero-order valence-corrected chi connectivity index (χ0v) is 18.9. The standard InChI is InChI=1S/C26H30N2O6/c29-23(25(31)32)14-27-24(30)17-11-9-16(10-12-17)13-28-26(33)34-15-22-20-7-3-1-5-18(20)19-6-2-4-8-21(19)22/h1-8,16-17,22-23,29H,9-15H2,(H,27,30)(H,28,33)(H,31,32). The lowest BCUT2D eigenvalue weighted by molar-refractivity contribution is -0.146. The number of carboxylic acids is 1. The Morgan fingerprint density at radius 1 is 0.912 bits per heavy atom. The average molecular weight is 467 g/mol. The number of aliphatic carboxylic acids is 1.